The molecule has 9 heteroatoms. The van der Waals surface area contributed by atoms with Crippen LogP contribution >= 0.6 is 0 Å². The Morgan fingerprint density at radius 2 is 1.72 bits per heavy atom. The number of piperidine rings is 1. The van der Waals surface area contributed by atoms with Gasteiger partial charge in [-0.05, 0) is 75.5 Å². The molecule has 0 saturated carbocycles. The van der Waals surface area contributed by atoms with E-state index in [0.29, 0.717) is 31.7 Å². The fraction of sp³-hybridized carbons (Fsp3) is 0.652. The van der Waals surface area contributed by atoms with E-state index in [4.69, 9.17) is 0 Å². The number of nitrogens with one attached hydrogen (secondary N) is 1. The highest BCUT2D eigenvalue weighted by Gasteiger charge is 2.38. The van der Waals surface area contributed by atoms with Crippen LogP contribution in [0.25, 0.3) is 0 Å². The number of likely N-dealkylation sites (tertiary alicyclic amines) is 1. The highest BCUT2D eigenvalue weighted by atomic mass is 32.2. The maximum atomic E-state index is 13.1. The van der Waals surface area contributed by atoms with E-state index in [0.717, 1.165) is 50.9 Å². The number of nitrogens with zero attached hydrogens (tertiary/aromatic N) is 3. The Kier molecular flexibility index (Phi) is 7.17. The Hall–Kier alpha value is -1.97. The van der Waals surface area contributed by atoms with E-state index in [1.165, 1.54) is 24.7 Å². The summed E-state index contributed by atoms with van der Waals surface area (Å²) >= 11 is 0. The third-order valence-corrected chi connectivity index (χ3v) is 8.67. The van der Waals surface area contributed by atoms with E-state index in [9.17, 15) is 18.0 Å². The molecule has 1 aromatic carbocycles. The van der Waals surface area contributed by atoms with E-state index in [-0.39, 0.29) is 16.7 Å². The fourth-order valence-corrected chi connectivity index (χ4v) is 6.65. The van der Waals surface area contributed by atoms with Crippen molar-refractivity contribution in [2.24, 2.45) is 0 Å². The van der Waals surface area contributed by atoms with Crippen LogP contribution in [0.2, 0.25) is 0 Å². The summed E-state index contributed by atoms with van der Waals surface area (Å²) in [5.74, 6) is -0.397. The lowest BCUT2D eigenvalue weighted by Gasteiger charge is -2.26. The molecule has 32 heavy (non-hydrogen) atoms. The lowest BCUT2D eigenvalue weighted by atomic mass is 10.1. The van der Waals surface area contributed by atoms with Crippen molar-refractivity contribution in [3.05, 3.63) is 23.8 Å². The van der Waals surface area contributed by atoms with Gasteiger partial charge in [0.15, 0.2) is 0 Å². The second kappa shape index (κ2) is 9.89. The average molecular weight is 463 g/mol. The summed E-state index contributed by atoms with van der Waals surface area (Å²) in [7, 11) is -3.56. The molecule has 4 rings (SSSR count). The quantitative estimate of drug-likeness (QED) is 0.624. The third kappa shape index (κ3) is 4.84. The van der Waals surface area contributed by atoms with Crippen LogP contribution < -0.4 is 10.2 Å². The van der Waals surface area contributed by atoms with Gasteiger partial charge in [-0.3, -0.25) is 14.5 Å². The molecule has 1 N–H and O–H groups in total. The molecule has 0 aromatic heterocycles. The van der Waals surface area contributed by atoms with Gasteiger partial charge in [-0.15, -0.1) is 0 Å². The first-order valence-electron chi connectivity index (χ1n) is 11.8. The van der Waals surface area contributed by atoms with Crippen LogP contribution in [0.15, 0.2) is 23.1 Å². The molecule has 0 aliphatic carbocycles. The Labute approximate surface area is 191 Å². The van der Waals surface area contributed by atoms with Gasteiger partial charge >= 0.3 is 0 Å². The van der Waals surface area contributed by atoms with Crippen LogP contribution in [0.4, 0.5) is 5.69 Å². The van der Waals surface area contributed by atoms with Crippen LogP contribution in [0, 0.1) is 0 Å². The van der Waals surface area contributed by atoms with Gasteiger partial charge in [0.05, 0.1) is 4.90 Å². The Bertz CT molecular complexity index is 953. The number of hydrogen-bond acceptors (Lipinski definition) is 5. The molecule has 176 valence electrons. The topological polar surface area (TPSA) is 90.0 Å². The molecule has 0 spiro atoms. The van der Waals surface area contributed by atoms with Crippen LogP contribution in [0.5, 0.6) is 0 Å². The smallest absolute Gasteiger partial charge is 0.243 e. The summed E-state index contributed by atoms with van der Waals surface area (Å²) in [6.45, 7) is 6.34. The normalized spacial score (nSPS) is 22.2. The molecule has 3 aliphatic heterocycles. The minimum atomic E-state index is -3.56. The van der Waals surface area contributed by atoms with Crippen LogP contribution in [0.3, 0.4) is 0 Å². The predicted molar refractivity (Wildman–Crippen MR) is 123 cm³/mol. The molecule has 3 aliphatic rings. The van der Waals surface area contributed by atoms with Crippen molar-refractivity contribution in [1.29, 1.82) is 0 Å². The second-order valence-electron chi connectivity index (χ2n) is 9.06. The monoisotopic (exact) mass is 462 g/mol. The molecule has 3 heterocycles. The van der Waals surface area contributed by atoms with E-state index in [1.54, 1.807) is 22.5 Å². The number of amides is 2. The number of carbonyl (C=O) groups excluding carboxylic acids is 2. The first-order valence-corrected chi connectivity index (χ1v) is 13.2. The molecule has 0 unspecified atom stereocenters. The van der Waals surface area contributed by atoms with E-state index in [2.05, 4.69) is 10.2 Å². The Balaban J connectivity index is 1.44. The number of hydrogen-bond donors (Lipinski definition) is 1. The van der Waals surface area contributed by atoms with Crippen molar-refractivity contribution in [2.45, 2.75) is 62.8 Å². The molecule has 8 nitrogen and oxygen atoms in total. The lowest BCUT2D eigenvalue weighted by Crippen LogP contribution is -2.47. The number of sulfonamides is 1. The molecular formula is C23H34N4O4S. The van der Waals surface area contributed by atoms with Gasteiger partial charge in [0.2, 0.25) is 21.8 Å². The lowest BCUT2D eigenvalue weighted by molar-refractivity contribution is -0.125. The van der Waals surface area contributed by atoms with Gasteiger partial charge in [0.1, 0.15) is 6.04 Å². The van der Waals surface area contributed by atoms with Gasteiger partial charge in [-0.1, -0.05) is 6.42 Å². The number of rotatable bonds is 7. The molecule has 1 atom stereocenters. The molecule has 0 bridgehead atoms. The van der Waals surface area contributed by atoms with Gasteiger partial charge in [-0.2, -0.15) is 4.31 Å². The van der Waals surface area contributed by atoms with Crippen LogP contribution in [-0.4, -0.2) is 74.7 Å². The average Bonchev–Trinajstić information content (AvgIpc) is 3.44. The standard InChI is InChI=1S/C23H34N4O4S/c1-18(28)27-21-9-8-20(32(30,31)26-14-3-2-4-15-26)16-19(21)17-22(27)23(29)24-10-7-13-25-11-5-6-12-25/h8-9,16,22H,2-7,10-15,17H2,1H3,(H,24,29)/t22-/m1/s1. The number of benzene rings is 1. The first kappa shape index (κ1) is 23.2. The van der Waals surface area contributed by atoms with Gasteiger partial charge in [-0.25, -0.2) is 8.42 Å². The van der Waals surface area contributed by atoms with Crippen molar-refractivity contribution >= 4 is 27.5 Å². The zero-order valence-electron chi connectivity index (χ0n) is 18.9. The molecule has 0 radical (unpaired) electrons. The van der Waals surface area contributed by atoms with Crippen molar-refractivity contribution in [1.82, 2.24) is 14.5 Å². The zero-order chi connectivity index (χ0) is 22.7. The van der Waals surface area contributed by atoms with Crippen molar-refractivity contribution < 1.29 is 18.0 Å². The largest absolute Gasteiger partial charge is 0.354 e. The summed E-state index contributed by atoms with van der Waals surface area (Å²) in [5.41, 5.74) is 1.36. The van der Waals surface area contributed by atoms with Gasteiger partial charge < -0.3 is 10.2 Å². The number of fused-ring (bicyclic) bond motifs is 1. The predicted octanol–water partition coefficient (Wildman–Crippen LogP) is 1.74. The minimum Gasteiger partial charge on any atom is -0.354 e. The Morgan fingerprint density at radius 3 is 2.41 bits per heavy atom. The second-order valence-corrected chi connectivity index (χ2v) is 11.0. The van der Waals surface area contributed by atoms with Gasteiger partial charge in [0.25, 0.3) is 0 Å². The summed E-state index contributed by atoms with van der Waals surface area (Å²) in [4.78, 5) is 29.4. The maximum absolute atomic E-state index is 13.1. The molecule has 2 fully saturated rings. The van der Waals surface area contributed by atoms with Crippen molar-refractivity contribution in [3.8, 4) is 0 Å². The first-order chi connectivity index (χ1) is 15.4. The number of carbonyl (C=O) groups is 2. The number of anilines is 1. The van der Waals surface area contributed by atoms with Crippen LogP contribution in [-0.2, 0) is 26.0 Å². The molecular weight excluding hydrogens is 428 g/mol. The van der Waals surface area contributed by atoms with E-state index < -0.39 is 16.1 Å². The molecule has 1 aromatic rings. The highest BCUT2D eigenvalue weighted by Crippen LogP contribution is 2.35. The summed E-state index contributed by atoms with van der Waals surface area (Å²) < 4.78 is 27.7. The SMILES string of the molecule is CC(=O)N1c2ccc(S(=O)(=O)N3CCCCC3)cc2C[C@@H]1C(=O)NCCCN1CCCC1. The molecule has 2 saturated heterocycles. The molecule has 2 amide bonds. The Morgan fingerprint density at radius 1 is 1.03 bits per heavy atom. The van der Waals surface area contributed by atoms with Crippen molar-refractivity contribution in [3.63, 3.8) is 0 Å². The van der Waals surface area contributed by atoms with E-state index >= 15 is 0 Å². The third-order valence-electron chi connectivity index (χ3n) is 6.78. The maximum Gasteiger partial charge on any atom is 0.243 e. The summed E-state index contributed by atoms with van der Waals surface area (Å²) in [6, 6.07) is 4.25. The fourth-order valence-electron chi connectivity index (χ4n) is 5.08. The summed E-state index contributed by atoms with van der Waals surface area (Å²) in [6.07, 6.45) is 6.51. The zero-order valence-corrected chi connectivity index (χ0v) is 19.7. The van der Waals surface area contributed by atoms with E-state index in [1.807, 2.05) is 0 Å². The van der Waals surface area contributed by atoms with Gasteiger partial charge in [0, 0.05) is 38.7 Å². The summed E-state index contributed by atoms with van der Waals surface area (Å²) in [5, 5.41) is 2.98. The van der Waals surface area contributed by atoms with Crippen molar-refractivity contribution in [2.75, 3.05) is 44.2 Å². The minimum absolute atomic E-state index is 0.182. The highest BCUT2D eigenvalue weighted by molar-refractivity contribution is 7.89. The van der Waals surface area contributed by atoms with Crippen LogP contribution in [0.1, 0.15) is 51.0 Å².